The molecule has 5 heteroatoms. The number of benzene rings is 1. The van der Waals surface area contributed by atoms with Gasteiger partial charge in [0.15, 0.2) is 0 Å². The van der Waals surface area contributed by atoms with Crippen LogP contribution in [0.3, 0.4) is 0 Å². The van der Waals surface area contributed by atoms with Gasteiger partial charge in [0.25, 0.3) is 0 Å². The van der Waals surface area contributed by atoms with E-state index in [9.17, 15) is 4.79 Å². The molecule has 1 aromatic heterocycles. The molecule has 1 aromatic carbocycles. The highest BCUT2D eigenvalue weighted by molar-refractivity contribution is 5.92. The Kier molecular flexibility index (Phi) is 4.63. The minimum absolute atomic E-state index is 0.178. The zero-order chi connectivity index (χ0) is 15.6. The zero-order valence-electron chi connectivity index (χ0n) is 13.0. The highest BCUT2D eigenvalue weighted by atomic mass is 16.5. The number of carboxylic acids is 1. The molecular weight excluding hydrogens is 268 g/mol. The second-order valence-electron chi connectivity index (χ2n) is 5.70. The molecular formula is C16H22N2O3. The van der Waals surface area contributed by atoms with Crippen LogP contribution in [0.15, 0.2) is 18.2 Å². The van der Waals surface area contributed by atoms with Crippen LogP contribution in [0.2, 0.25) is 0 Å². The fourth-order valence-electron chi connectivity index (χ4n) is 2.33. The Morgan fingerprint density at radius 3 is 2.62 bits per heavy atom. The molecule has 2 aromatic rings. The molecule has 0 atom stereocenters. The van der Waals surface area contributed by atoms with Crippen LogP contribution in [0.1, 0.15) is 49.8 Å². The first kappa shape index (κ1) is 15.5. The van der Waals surface area contributed by atoms with Crippen molar-refractivity contribution in [1.82, 2.24) is 9.55 Å². The molecule has 0 bridgehead atoms. The Balaban J connectivity index is 2.43. The number of ether oxygens (including phenoxy) is 1. The maximum Gasteiger partial charge on any atom is 0.335 e. The van der Waals surface area contributed by atoms with Gasteiger partial charge in [-0.3, -0.25) is 0 Å². The summed E-state index contributed by atoms with van der Waals surface area (Å²) in [7, 11) is 0. The van der Waals surface area contributed by atoms with E-state index in [1.165, 1.54) is 0 Å². The first-order chi connectivity index (χ1) is 9.90. The minimum Gasteiger partial charge on any atom is -0.478 e. The van der Waals surface area contributed by atoms with E-state index in [0.717, 1.165) is 16.9 Å². The van der Waals surface area contributed by atoms with Crippen LogP contribution in [0, 0.1) is 0 Å². The zero-order valence-corrected chi connectivity index (χ0v) is 13.0. The number of rotatable bonds is 6. The second-order valence-corrected chi connectivity index (χ2v) is 5.70. The van der Waals surface area contributed by atoms with Gasteiger partial charge in [0, 0.05) is 12.5 Å². The molecule has 21 heavy (non-hydrogen) atoms. The first-order valence-electron chi connectivity index (χ1n) is 7.25. The molecule has 0 saturated heterocycles. The van der Waals surface area contributed by atoms with Crippen molar-refractivity contribution in [2.45, 2.75) is 46.3 Å². The number of aromatic nitrogens is 2. The fourth-order valence-corrected chi connectivity index (χ4v) is 2.33. The number of nitrogens with zero attached hydrogens (tertiary/aromatic N) is 2. The topological polar surface area (TPSA) is 64.4 Å². The third-order valence-corrected chi connectivity index (χ3v) is 3.31. The second kappa shape index (κ2) is 6.26. The molecule has 0 aliphatic heterocycles. The molecule has 0 radical (unpaired) electrons. The lowest BCUT2D eigenvalue weighted by Crippen LogP contribution is -2.13. The number of hydrogen-bond donors (Lipinski definition) is 1. The van der Waals surface area contributed by atoms with Gasteiger partial charge in [-0.05, 0) is 32.0 Å². The van der Waals surface area contributed by atoms with Gasteiger partial charge in [-0.25, -0.2) is 9.78 Å². The third kappa shape index (κ3) is 3.42. The monoisotopic (exact) mass is 290 g/mol. The Labute approximate surface area is 124 Å². The first-order valence-corrected chi connectivity index (χ1v) is 7.25. The Morgan fingerprint density at radius 2 is 2.05 bits per heavy atom. The summed E-state index contributed by atoms with van der Waals surface area (Å²) in [6, 6.07) is 5.05. The maximum absolute atomic E-state index is 11.1. The molecule has 5 nitrogen and oxygen atoms in total. The molecule has 1 heterocycles. The lowest BCUT2D eigenvalue weighted by molar-refractivity contribution is 0.0697. The van der Waals surface area contributed by atoms with Crippen molar-refractivity contribution in [3.63, 3.8) is 0 Å². The van der Waals surface area contributed by atoms with Gasteiger partial charge < -0.3 is 14.4 Å². The lowest BCUT2D eigenvalue weighted by atomic mass is 10.2. The van der Waals surface area contributed by atoms with E-state index in [1.807, 2.05) is 13.8 Å². The molecule has 1 N–H and O–H groups in total. The number of carbonyl (C=O) groups is 1. The predicted octanol–water partition coefficient (Wildman–Crippen LogP) is 3.28. The molecule has 0 spiro atoms. The highest BCUT2D eigenvalue weighted by Gasteiger charge is 2.15. The van der Waals surface area contributed by atoms with Crippen LogP contribution in [-0.4, -0.2) is 33.3 Å². The quantitative estimate of drug-likeness (QED) is 0.886. The van der Waals surface area contributed by atoms with Crippen LogP contribution in [-0.2, 0) is 11.3 Å². The molecule has 0 aliphatic carbocycles. The fraction of sp³-hybridized carbons (Fsp3) is 0.500. The van der Waals surface area contributed by atoms with E-state index in [0.29, 0.717) is 13.2 Å². The summed E-state index contributed by atoms with van der Waals surface area (Å²) in [6.45, 7) is 9.42. The van der Waals surface area contributed by atoms with Gasteiger partial charge in [-0.2, -0.15) is 0 Å². The lowest BCUT2D eigenvalue weighted by Gasteiger charge is -2.13. The summed E-state index contributed by atoms with van der Waals surface area (Å²) in [5.74, 6) is 0.304. The largest absolute Gasteiger partial charge is 0.478 e. The summed E-state index contributed by atoms with van der Waals surface area (Å²) in [6.07, 6.45) is 0.178. The average molecular weight is 290 g/mol. The number of fused-ring (bicyclic) bond motifs is 1. The van der Waals surface area contributed by atoms with Crippen molar-refractivity contribution in [3.8, 4) is 0 Å². The van der Waals surface area contributed by atoms with Gasteiger partial charge in [-0.1, -0.05) is 13.8 Å². The maximum atomic E-state index is 11.1. The summed E-state index contributed by atoms with van der Waals surface area (Å²) in [4.78, 5) is 15.8. The molecule has 0 fully saturated rings. The Hall–Kier alpha value is -1.88. The Morgan fingerprint density at radius 1 is 1.33 bits per heavy atom. The predicted molar refractivity (Wildman–Crippen MR) is 81.9 cm³/mol. The van der Waals surface area contributed by atoms with E-state index in [4.69, 9.17) is 9.84 Å². The van der Waals surface area contributed by atoms with Crippen LogP contribution in [0.25, 0.3) is 11.0 Å². The van der Waals surface area contributed by atoms with E-state index in [2.05, 4.69) is 23.4 Å². The van der Waals surface area contributed by atoms with Crippen LogP contribution in [0.4, 0.5) is 0 Å². The van der Waals surface area contributed by atoms with E-state index >= 15 is 0 Å². The number of imidazole rings is 1. The third-order valence-electron chi connectivity index (χ3n) is 3.31. The SMILES string of the molecule is CC(C)OCCn1c(C(C)C)nc2ccc(C(=O)O)cc21. The molecule has 0 unspecified atom stereocenters. The summed E-state index contributed by atoms with van der Waals surface area (Å²) in [5, 5.41) is 9.15. The Bertz CT molecular complexity index is 644. The molecule has 114 valence electrons. The van der Waals surface area contributed by atoms with Crippen LogP contribution in [0.5, 0.6) is 0 Å². The van der Waals surface area contributed by atoms with Crippen molar-refractivity contribution in [3.05, 3.63) is 29.6 Å². The van der Waals surface area contributed by atoms with Crippen LogP contribution < -0.4 is 0 Å². The summed E-state index contributed by atoms with van der Waals surface area (Å²) >= 11 is 0. The van der Waals surface area contributed by atoms with Gasteiger partial charge in [0.1, 0.15) is 5.82 Å². The van der Waals surface area contributed by atoms with Gasteiger partial charge in [0.05, 0.1) is 29.3 Å². The normalized spacial score (nSPS) is 11.7. The van der Waals surface area contributed by atoms with Crippen molar-refractivity contribution < 1.29 is 14.6 Å². The van der Waals surface area contributed by atoms with Gasteiger partial charge in [0.2, 0.25) is 0 Å². The molecule has 2 rings (SSSR count). The molecule has 0 aliphatic rings. The number of aromatic carboxylic acids is 1. The van der Waals surface area contributed by atoms with E-state index in [-0.39, 0.29) is 17.6 Å². The molecule has 0 amide bonds. The van der Waals surface area contributed by atoms with Crippen molar-refractivity contribution in [2.24, 2.45) is 0 Å². The average Bonchev–Trinajstić information content (AvgIpc) is 2.76. The molecule has 0 saturated carbocycles. The smallest absolute Gasteiger partial charge is 0.335 e. The number of carboxylic acid groups (broad SMARTS) is 1. The highest BCUT2D eigenvalue weighted by Crippen LogP contribution is 2.23. The minimum atomic E-state index is -0.922. The van der Waals surface area contributed by atoms with Gasteiger partial charge >= 0.3 is 5.97 Å². The van der Waals surface area contributed by atoms with Crippen molar-refractivity contribution >= 4 is 17.0 Å². The summed E-state index contributed by atoms with van der Waals surface area (Å²) < 4.78 is 7.68. The summed E-state index contributed by atoms with van der Waals surface area (Å²) in [5.41, 5.74) is 1.96. The number of hydrogen-bond acceptors (Lipinski definition) is 3. The van der Waals surface area contributed by atoms with E-state index < -0.39 is 5.97 Å². The van der Waals surface area contributed by atoms with Gasteiger partial charge in [-0.15, -0.1) is 0 Å². The standard InChI is InChI=1S/C16H22N2O3/c1-10(2)15-17-13-6-5-12(16(19)20)9-14(13)18(15)7-8-21-11(3)4/h5-6,9-11H,7-8H2,1-4H3,(H,19,20). The van der Waals surface area contributed by atoms with Crippen LogP contribution >= 0.6 is 0 Å². The van der Waals surface area contributed by atoms with Crippen molar-refractivity contribution in [1.29, 1.82) is 0 Å². The van der Waals surface area contributed by atoms with Crippen molar-refractivity contribution in [2.75, 3.05) is 6.61 Å². The van der Waals surface area contributed by atoms with E-state index in [1.54, 1.807) is 18.2 Å².